The number of thiazole rings is 1. The first-order valence-corrected chi connectivity index (χ1v) is 9.18. The number of β-amino-alcohol motifs (C(OH)–C–C–N with tert-alkyl or cyclic N) is 1. The highest BCUT2D eigenvalue weighted by Crippen LogP contribution is 2.24. The van der Waals surface area contributed by atoms with Gasteiger partial charge in [0.1, 0.15) is 0 Å². The van der Waals surface area contributed by atoms with Crippen LogP contribution in [0.5, 0.6) is 0 Å². The molecule has 0 aromatic carbocycles. The van der Waals surface area contributed by atoms with Crippen LogP contribution in [0.15, 0.2) is 28.2 Å². The Balaban J connectivity index is 1.37. The number of aromatic nitrogens is 1. The molecule has 1 aliphatic heterocycles. The second-order valence-electron chi connectivity index (χ2n) is 6.35. The lowest BCUT2D eigenvalue weighted by Crippen LogP contribution is -2.40. The molecule has 1 fully saturated rings. The van der Waals surface area contributed by atoms with E-state index in [1.165, 1.54) is 12.8 Å². The van der Waals surface area contributed by atoms with Gasteiger partial charge >= 0.3 is 0 Å². The second kappa shape index (κ2) is 8.06. The van der Waals surface area contributed by atoms with Crippen molar-refractivity contribution >= 4 is 11.3 Å². The van der Waals surface area contributed by atoms with E-state index in [1.807, 2.05) is 19.1 Å². The summed E-state index contributed by atoms with van der Waals surface area (Å²) >= 11 is 1.62. The summed E-state index contributed by atoms with van der Waals surface area (Å²) in [6, 6.07) is 3.83. The van der Waals surface area contributed by atoms with Gasteiger partial charge in [0, 0.05) is 18.5 Å². The van der Waals surface area contributed by atoms with E-state index in [0.29, 0.717) is 0 Å². The van der Waals surface area contributed by atoms with Crippen molar-refractivity contribution in [1.82, 2.24) is 15.2 Å². The van der Waals surface area contributed by atoms with Gasteiger partial charge in [-0.1, -0.05) is 0 Å². The van der Waals surface area contributed by atoms with Crippen LogP contribution in [-0.2, 0) is 6.54 Å². The minimum absolute atomic E-state index is 0.224. The summed E-state index contributed by atoms with van der Waals surface area (Å²) in [5.74, 6) is 1.56. The minimum atomic E-state index is -0.224. The first-order chi connectivity index (χ1) is 11.2. The van der Waals surface area contributed by atoms with Crippen molar-refractivity contribution in [3.8, 4) is 10.8 Å². The number of hydrogen-bond donors (Lipinski definition) is 2. The number of nitrogens with one attached hydrogen (secondary N) is 1. The van der Waals surface area contributed by atoms with Crippen LogP contribution in [0, 0.1) is 5.92 Å². The van der Waals surface area contributed by atoms with Gasteiger partial charge in [-0.25, -0.2) is 4.98 Å². The van der Waals surface area contributed by atoms with Gasteiger partial charge in [-0.05, 0) is 57.5 Å². The van der Waals surface area contributed by atoms with Crippen LogP contribution in [0.4, 0.5) is 0 Å². The number of rotatable bonds is 7. The highest BCUT2D eigenvalue weighted by Gasteiger charge is 2.19. The van der Waals surface area contributed by atoms with Crippen molar-refractivity contribution in [2.24, 2.45) is 5.92 Å². The summed E-state index contributed by atoms with van der Waals surface area (Å²) in [5, 5.41) is 16.0. The molecule has 2 aromatic heterocycles. The van der Waals surface area contributed by atoms with E-state index < -0.39 is 0 Å². The molecule has 0 amide bonds. The maximum atomic E-state index is 9.44. The molecule has 6 heteroatoms. The Bertz CT molecular complexity index is 574. The molecule has 3 rings (SSSR count). The lowest BCUT2D eigenvalue weighted by molar-refractivity contribution is 0.0998. The average Bonchev–Trinajstić information content (AvgIpc) is 3.19. The topological polar surface area (TPSA) is 61.5 Å². The van der Waals surface area contributed by atoms with Gasteiger partial charge in [0.2, 0.25) is 0 Å². The van der Waals surface area contributed by atoms with Crippen molar-refractivity contribution in [3.63, 3.8) is 0 Å². The SMILES string of the molecule is C[C@@H](O)CN1CCC(CNCc2csc(-c3ccco3)n2)CC1. The molecule has 0 unspecified atom stereocenters. The summed E-state index contributed by atoms with van der Waals surface area (Å²) in [6.45, 7) is 6.70. The lowest BCUT2D eigenvalue weighted by Gasteiger charge is -2.32. The molecule has 3 heterocycles. The third-order valence-corrected chi connectivity index (χ3v) is 5.16. The van der Waals surface area contributed by atoms with Gasteiger partial charge in [0.05, 0.1) is 18.1 Å². The Hall–Kier alpha value is -1.21. The summed E-state index contributed by atoms with van der Waals surface area (Å²) in [4.78, 5) is 6.96. The molecule has 5 nitrogen and oxygen atoms in total. The van der Waals surface area contributed by atoms with Crippen LogP contribution in [0.3, 0.4) is 0 Å². The van der Waals surface area contributed by atoms with E-state index in [1.54, 1.807) is 17.6 Å². The van der Waals surface area contributed by atoms with Crippen LogP contribution in [0.2, 0.25) is 0 Å². The molecule has 0 aliphatic carbocycles. The van der Waals surface area contributed by atoms with Crippen LogP contribution in [0.25, 0.3) is 10.8 Å². The fourth-order valence-electron chi connectivity index (χ4n) is 3.05. The van der Waals surface area contributed by atoms with Crippen molar-refractivity contribution in [3.05, 3.63) is 29.5 Å². The predicted octanol–water partition coefficient (Wildman–Crippen LogP) is 2.59. The van der Waals surface area contributed by atoms with Crippen molar-refractivity contribution in [1.29, 1.82) is 0 Å². The molecule has 0 spiro atoms. The Labute approximate surface area is 141 Å². The highest BCUT2D eigenvalue weighted by atomic mass is 32.1. The van der Waals surface area contributed by atoms with Crippen molar-refractivity contribution < 1.29 is 9.52 Å². The quantitative estimate of drug-likeness (QED) is 0.814. The fraction of sp³-hybridized carbons (Fsp3) is 0.588. The molecule has 2 aromatic rings. The molecule has 2 N–H and O–H groups in total. The van der Waals surface area contributed by atoms with E-state index in [4.69, 9.17) is 4.42 Å². The zero-order chi connectivity index (χ0) is 16.1. The predicted molar refractivity (Wildman–Crippen MR) is 92.4 cm³/mol. The molecule has 1 aliphatic rings. The van der Waals surface area contributed by atoms with Crippen LogP contribution in [0.1, 0.15) is 25.5 Å². The Morgan fingerprint density at radius 1 is 1.48 bits per heavy atom. The van der Waals surface area contributed by atoms with Crippen LogP contribution in [-0.4, -0.2) is 47.3 Å². The zero-order valence-electron chi connectivity index (χ0n) is 13.6. The Morgan fingerprint density at radius 2 is 2.30 bits per heavy atom. The van der Waals surface area contributed by atoms with E-state index in [-0.39, 0.29) is 6.10 Å². The van der Waals surface area contributed by atoms with E-state index in [2.05, 4.69) is 20.6 Å². The zero-order valence-corrected chi connectivity index (χ0v) is 14.4. The van der Waals surface area contributed by atoms with Crippen molar-refractivity contribution in [2.75, 3.05) is 26.2 Å². The number of likely N-dealkylation sites (tertiary alicyclic amines) is 1. The van der Waals surface area contributed by atoms with Crippen LogP contribution >= 0.6 is 11.3 Å². The van der Waals surface area contributed by atoms with Gasteiger partial charge in [0.15, 0.2) is 10.8 Å². The first-order valence-electron chi connectivity index (χ1n) is 8.30. The molecule has 23 heavy (non-hydrogen) atoms. The molecule has 1 saturated heterocycles. The molecular formula is C17H25N3O2S. The summed E-state index contributed by atoms with van der Waals surface area (Å²) in [7, 11) is 0. The van der Waals surface area contributed by atoms with Gasteiger partial charge in [-0.2, -0.15) is 0 Å². The van der Waals surface area contributed by atoms with E-state index in [0.717, 1.165) is 55.1 Å². The number of furan rings is 1. The number of aliphatic hydroxyl groups is 1. The maximum absolute atomic E-state index is 9.44. The number of aliphatic hydroxyl groups excluding tert-OH is 1. The molecule has 0 bridgehead atoms. The van der Waals surface area contributed by atoms with Crippen molar-refractivity contribution in [2.45, 2.75) is 32.4 Å². The maximum Gasteiger partial charge on any atom is 0.162 e. The first kappa shape index (κ1) is 16.6. The van der Waals surface area contributed by atoms with E-state index >= 15 is 0 Å². The normalized spacial score (nSPS) is 18.3. The smallest absolute Gasteiger partial charge is 0.162 e. The molecular weight excluding hydrogens is 310 g/mol. The molecule has 0 saturated carbocycles. The van der Waals surface area contributed by atoms with E-state index in [9.17, 15) is 5.11 Å². The summed E-state index contributed by atoms with van der Waals surface area (Å²) in [6.07, 6.45) is 3.86. The molecule has 0 radical (unpaired) electrons. The largest absolute Gasteiger partial charge is 0.462 e. The molecule has 126 valence electrons. The number of hydrogen-bond acceptors (Lipinski definition) is 6. The van der Waals surface area contributed by atoms with Crippen LogP contribution < -0.4 is 5.32 Å². The van der Waals surface area contributed by atoms with Gasteiger partial charge in [0.25, 0.3) is 0 Å². The Kier molecular flexibility index (Phi) is 5.83. The number of nitrogens with zero attached hydrogens (tertiary/aromatic N) is 2. The van der Waals surface area contributed by atoms with Gasteiger partial charge < -0.3 is 19.7 Å². The Morgan fingerprint density at radius 3 is 3.00 bits per heavy atom. The lowest BCUT2D eigenvalue weighted by atomic mass is 9.96. The monoisotopic (exact) mass is 335 g/mol. The minimum Gasteiger partial charge on any atom is -0.462 e. The average molecular weight is 335 g/mol. The fourth-order valence-corrected chi connectivity index (χ4v) is 3.84. The second-order valence-corrected chi connectivity index (χ2v) is 7.20. The third kappa shape index (κ3) is 4.88. The number of piperidine rings is 1. The molecule has 1 atom stereocenters. The summed E-state index contributed by atoms with van der Waals surface area (Å²) in [5.41, 5.74) is 1.08. The summed E-state index contributed by atoms with van der Waals surface area (Å²) < 4.78 is 5.38. The van der Waals surface area contributed by atoms with Gasteiger partial charge in [-0.3, -0.25) is 0 Å². The standard InChI is InChI=1S/C17H25N3O2S/c1-13(21)11-20-6-4-14(5-7-20)9-18-10-15-12-23-17(19-15)16-3-2-8-22-16/h2-3,8,12-14,18,21H,4-7,9-11H2,1H3/t13-/m1/s1. The third-order valence-electron chi connectivity index (χ3n) is 4.25. The van der Waals surface area contributed by atoms with Gasteiger partial charge in [-0.15, -0.1) is 11.3 Å². The highest BCUT2D eigenvalue weighted by molar-refractivity contribution is 7.13.